The van der Waals surface area contributed by atoms with Crippen LogP contribution < -0.4 is 0 Å². The number of rotatable bonds is 0. The molecule has 0 nitrogen and oxygen atoms in total. The molecule has 26 valence electrons. The van der Waals surface area contributed by atoms with Crippen LogP contribution in [0, 0.1) is 0 Å². The molecule has 0 aromatic rings. The molecule has 5 heteroatoms. The molecule has 0 fully saturated rings. The Morgan fingerprint density at radius 1 is 1.00 bits per heavy atom. The van der Waals surface area contributed by atoms with Gasteiger partial charge in [-0.25, -0.2) is 0 Å². The van der Waals surface area contributed by atoms with Crippen molar-refractivity contribution in [3.63, 3.8) is 0 Å². The summed E-state index contributed by atoms with van der Waals surface area (Å²) in [4.78, 5) is 0. The first-order chi connectivity index (χ1) is 0. The first kappa shape index (κ1) is 38.9. The molecule has 0 amide bonds. The molecule has 0 rings (SSSR count). The Morgan fingerprint density at radius 3 is 1.00 bits per heavy atom. The molecule has 0 heterocycles. The summed E-state index contributed by atoms with van der Waals surface area (Å²) in [7, 11) is 0. The smallest absolute Gasteiger partial charge is 0 e. The van der Waals surface area contributed by atoms with E-state index in [9.17, 15) is 0 Å². The fourth-order valence-corrected chi connectivity index (χ4v) is 0. The van der Waals surface area contributed by atoms with Crippen LogP contribution in [0.25, 0.3) is 0 Å². The topological polar surface area (TPSA) is 0 Å². The fraction of sp³-hybridized carbons (Fsp3) is 0. The van der Waals surface area contributed by atoms with Crippen molar-refractivity contribution in [3.8, 4) is 0 Å². The predicted octanol–water partition coefficient (Wildman–Crippen LogP) is -0.173. The van der Waals surface area contributed by atoms with E-state index < -0.39 is 0 Å². The van der Waals surface area contributed by atoms with Gasteiger partial charge < -0.3 is 0 Å². The van der Waals surface area contributed by atoms with Gasteiger partial charge in [-0.05, 0) is 0 Å². The van der Waals surface area contributed by atoms with Crippen molar-refractivity contribution in [2.75, 3.05) is 0 Å². The molecule has 0 aliphatic rings. The second-order valence-corrected chi connectivity index (χ2v) is 0. The van der Waals surface area contributed by atoms with E-state index in [2.05, 4.69) is 0 Å². The molecule has 0 spiro atoms. The summed E-state index contributed by atoms with van der Waals surface area (Å²) in [5.74, 6) is 0. The molecule has 0 unspecified atom stereocenters. The molecule has 0 saturated heterocycles. The van der Waals surface area contributed by atoms with E-state index in [4.69, 9.17) is 0 Å². The van der Waals surface area contributed by atoms with E-state index in [1.807, 2.05) is 0 Å². The summed E-state index contributed by atoms with van der Waals surface area (Å²) in [6, 6.07) is 0. The third-order valence-corrected chi connectivity index (χ3v) is 0. The molecule has 0 aromatic carbocycles. The van der Waals surface area contributed by atoms with Gasteiger partial charge in [-0.15, -0.1) is 0 Å². The van der Waals surface area contributed by atoms with Gasteiger partial charge in [-0.3, -0.25) is 0 Å². The molecular formula is HBiFeMoNaP. The van der Waals surface area contributed by atoms with Gasteiger partial charge in [0.1, 0.15) is 0 Å². The Hall–Kier alpha value is 3.52. The predicted molar refractivity (Wildman–Crippen MR) is 19.8 cm³/mol. The minimum absolute atomic E-state index is 0. The van der Waals surface area contributed by atoms with Crippen molar-refractivity contribution >= 4 is 65.7 Å². The zero-order valence-corrected chi connectivity index (χ0v) is 9.14. The molecular weight excluding hydrogens is 415 g/mol. The van der Waals surface area contributed by atoms with Crippen LogP contribution in [-0.2, 0) is 38.1 Å². The normalized spacial score (nSPS) is 0. The minimum atomic E-state index is 0. The van der Waals surface area contributed by atoms with E-state index in [1.54, 1.807) is 0 Å². The van der Waals surface area contributed by atoms with Crippen LogP contribution >= 0.6 is 9.90 Å². The Balaban J connectivity index is 0. The average molecular weight is 416 g/mol. The molecule has 0 aliphatic heterocycles. The monoisotopic (exact) mass is 418 g/mol. The third kappa shape index (κ3) is 18.5. The average Bonchev–Trinajstić information content (AvgIpc) is 0. The second-order valence-electron chi connectivity index (χ2n) is 0. The van der Waals surface area contributed by atoms with E-state index in [-0.39, 0.29) is 104 Å². The molecule has 0 aliphatic carbocycles. The van der Waals surface area contributed by atoms with Gasteiger partial charge in [0.05, 0.1) is 0 Å². The van der Waals surface area contributed by atoms with Crippen LogP contribution in [0.2, 0.25) is 0 Å². The summed E-state index contributed by atoms with van der Waals surface area (Å²) < 4.78 is 0. The van der Waals surface area contributed by atoms with Crippen molar-refractivity contribution in [1.29, 1.82) is 0 Å². The number of hydrogen-bond acceptors (Lipinski definition) is 0. The maximum Gasteiger partial charge on any atom is 0 e. The second kappa shape index (κ2) is 25.8. The van der Waals surface area contributed by atoms with Crippen molar-refractivity contribution < 1.29 is 38.1 Å². The molecule has 0 bridgehead atoms. The molecule has 0 N–H and O–H groups in total. The van der Waals surface area contributed by atoms with Gasteiger partial charge in [-0.1, -0.05) is 0 Å². The first-order valence-electron chi connectivity index (χ1n) is 0. The Kier molecular flexibility index (Phi) is 201. The van der Waals surface area contributed by atoms with Crippen molar-refractivity contribution in [3.05, 3.63) is 0 Å². The zero-order chi connectivity index (χ0) is 0. The Bertz CT molecular complexity index is 11.6. The minimum Gasteiger partial charge on any atom is 0 e. The largest absolute Gasteiger partial charge is 0 e. The van der Waals surface area contributed by atoms with Gasteiger partial charge in [0.25, 0.3) is 0 Å². The van der Waals surface area contributed by atoms with Gasteiger partial charge in [0, 0.05) is 74.2 Å². The van der Waals surface area contributed by atoms with E-state index in [0.717, 1.165) is 0 Å². The molecule has 6 radical (unpaired) electrons. The van der Waals surface area contributed by atoms with E-state index >= 15 is 0 Å². The number of hydrogen-bond donors (Lipinski definition) is 0. The SMILES string of the molecule is [Bi].[Fe].[Mo].[NaH].[P]. The van der Waals surface area contributed by atoms with Gasteiger partial charge in [0.15, 0.2) is 0 Å². The zero-order valence-electron chi connectivity index (χ0n) is 1.66. The van der Waals surface area contributed by atoms with Crippen LogP contribution in [0.5, 0.6) is 0 Å². The van der Waals surface area contributed by atoms with Gasteiger partial charge in [-0.2, -0.15) is 0 Å². The van der Waals surface area contributed by atoms with Gasteiger partial charge in [0.2, 0.25) is 0 Å². The van der Waals surface area contributed by atoms with Crippen molar-refractivity contribution in [2.24, 2.45) is 0 Å². The van der Waals surface area contributed by atoms with Crippen LogP contribution in [-0.4, -0.2) is 55.8 Å². The molecule has 5 heavy (non-hydrogen) atoms. The van der Waals surface area contributed by atoms with Crippen LogP contribution in [0.1, 0.15) is 0 Å². The van der Waals surface area contributed by atoms with E-state index in [1.165, 1.54) is 0 Å². The van der Waals surface area contributed by atoms with Crippen molar-refractivity contribution in [1.82, 2.24) is 0 Å². The van der Waals surface area contributed by atoms with Crippen LogP contribution in [0.4, 0.5) is 0 Å². The van der Waals surface area contributed by atoms with Crippen molar-refractivity contribution in [2.45, 2.75) is 0 Å². The van der Waals surface area contributed by atoms with E-state index in [0.29, 0.717) is 0 Å². The summed E-state index contributed by atoms with van der Waals surface area (Å²) in [6.07, 6.45) is 0. The van der Waals surface area contributed by atoms with Gasteiger partial charge >= 0.3 is 29.6 Å². The standard InChI is InChI=1S/Bi.Fe.Mo.Na.P.H. The molecule has 0 atom stereocenters. The summed E-state index contributed by atoms with van der Waals surface area (Å²) in [5.41, 5.74) is 0. The third-order valence-electron chi connectivity index (χ3n) is 0. The Morgan fingerprint density at radius 2 is 1.00 bits per heavy atom. The molecule has 0 aromatic heterocycles. The maximum absolute atomic E-state index is 0. The maximum atomic E-state index is 0. The fourth-order valence-electron chi connectivity index (χ4n) is 0. The summed E-state index contributed by atoms with van der Waals surface area (Å²) in [6.45, 7) is 0. The first-order valence-corrected chi connectivity index (χ1v) is 0. The summed E-state index contributed by atoms with van der Waals surface area (Å²) in [5, 5.41) is 0. The molecule has 0 saturated carbocycles. The van der Waals surface area contributed by atoms with Crippen LogP contribution in [0.3, 0.4) is 0 Å². The van der Waals surface area contributed by atoms with Crippen LogP contribution in [0.15, 0.2) is 0 Å². The summed E-state index contributed by atoms with van der Waals surface area (Å²) >= 11 is 0. The quantitative estimate of drug-likeness (QED) is 0.381. The Labute approximate surface area is 102 Å².